The molecule has 234 valence electrons. The van der Waals surface area contributed by atoms with E-state index in [2.05, 4.69) is 179 Å². The molecule has 0 atom stereocenters. The molecule has 50 heavy (non-hydrogen) atoms. The molecule has 0 spiro atoms. The standard InChI is InChI=1S/C46H28N2S2/c1-2-13-30(14-3-1)47-38-19-8-6-16-33(38)34-27-25-31(28-41(34)47)48(39-20-11-23-43-44(39)37-17-7-9-22-42(37)49-43)40-21-10-18-35-36-26-24-29-12-4-5-15-32(29)45(36)50-46(35)40/h1-28H. The van der Waals surface area contributed by atoms with Crippen molar-refractivity contribution in [3.8, 4) is 5.69 Å². The smallest absolute Gasteiger partial charge is 0.0640 e. The second-order valence-corrected chi connectivity index (χ2v) is 15.0. The first kappa shape index (κ1) is 28.0. The van der Waals surface area contributed by atoms with Gasteiger partial charge in [0.05, 0.1) is 27.1 Å². The SMILES string of the molecule is c1ccc(-n2c3ccccc3c3ccc(N(c4cccc5c4sc4c6ccccc6ccc54)c4cccc5sc6ccccc6c45)cc32)cc1. The van der Waals surface area contributed by atoms with Gasteiger partial charge < -0.3 is 9.47 Å². The minimum atomic E-state index is 1.13. The fourth-order valence-corrected chi connectivity index (χ4v) is 10.5. The number of hydrogen-bond donors (Lipinski definition) is 0. The van der Waals surface area contributed by atoms with E-state index in [0.717, 1.165) is 11.4 Å². The first-order valence-corrected chi connectivity index (χ1v) is 18.6. The fourth-order valence-electron chi connectivity index (χ4n) is 7.99. The molecular formula is C46H28N2S2. The highest BCUT2D eigenvalue weighted by Crippen LogP contribution is 2.50. The lowest BCUT2D eigenvalue weighted by Gasteiger charge is -2.27. The average Bonchev–Trinajstić information content (AvgIpc) is 3.85. The number of para-hydroxylation sites is 2. The Kier molecular flexibility index (Phi) is 6.03. The van der Waals surface area contributed by atoms with Crippen LogP contribution in [0.5, 0.6) is 0 Å². The van der Waals surface area contributed by atoms with E-state index < -0.39 is 0 Å². The van der Waals surface area contributed by atoms with E-state index in [-0.39, 0.29) is 0 Å². The molecule has 0 bridgehead atoms. The summed E-state index contributed by atoms with van der Waals surface area (Å²) in [5, 5.41) is 10.3. The maximum absolute atomic E-state index is 2.52. The Morgan fingerprint density at radius 1 is 0.400 bits per heavy atom. The second kappa shape index (κ2) is 10.8. The summed E-state index contributed by atoms with van der Waals surface area (Å²) >= 11 is 3.78. The molecule has 0 aliphatic heterocycles. The molecule has 0 unspecified atom stereocenters. The number of hydrogen-bond acceptors (Lipinski definition) is 3. The van der Waals surface area contributed by atoms with Crippen LogP contribution in [0.2, 0.25) is 0 Å². The van der Waals surface area contributed by atoms with Gasteiger partial charge >= 0.3 is 0 Å². The molecule has 0 saturated heterocycles. The van der Waals surface area contributed by atoms with E-state index in [1.165, 1.54) is 84.3 Å². The zero-order chi connectivity index (χ0) is 32.8. The predicted molar refractivity (Wildman–Crippen MR) is 219 cm³/mol. The van der Waals surface area contributed by atoms with E-state index in [1.54, 1.807) is 0 Å². The number of rotatable bonds is 4. The molecule has 0 saturated carbocycles. The third kappa shape index (κ3) is 4.01. The van der Waals surface area contributed by atoms with E-state index >= 15 is 0 Å². The van der Waals surface area contributed by atoms with Gasteiger partial charge in [-0.05, 0) is 65.4 Å². The normalized spacial score (nSPS) is 12.0. The quantitative estimate of drug-likeness (QED) is 0.181. The van der Waals surface area contributed by atoms with Crippen LogP contribution in [-0.4, -0.2) is 4.57 Å². The Bertz CT molecular complexity index is 3110. The van der Waals surface area contributed by atoms with Gasteiger partial charge in [0.1, 0.15) is 0 Å². The maximum atomic E-state index is 2.52. The molecule has 0 amide bonds. The lowest BCUT2D eigenvalue weighted by atomic mass is 10.0. The van der Waals surface area contributed by atoms with Gasteiger partial charge in [0, 0.05) is 57.8 Å². The molecule has 11 aromatic rings. The number of thiophene rings is 2. The van der Waals surface area contributed by atoms with Gasteiger partial charge in [-0.15, -0.1) is 22.7 Å². The minimum Gasteiger partial charge on any atom is -0.309 e. The van der Waals surface area contributed by atoms with Crippen LogP contribution in [0.1, 0.15) is 0 Å². The lowest BCUT2D eigenvalue weighted by Crippen LogP contribution is -2.10. The summed E-state index contributed by atoms with van der Waals surface area (Å²) in [5.74, 6) is 0. The summed E-state index contributed by atoms with van der Waals surface area (Å²) in [5.41, 5.74) is 7.08. The first-order valence-electron chi connectivity index (χ1n) is 16.9. The Labute approximate surface area is 296 Å². The highest BCUT2D eigenvalue weighted by Gasteiger charge is 2.23. The van der Waals surface area contributed by atoms with Crippen molar-refractivity contribution >= 4 is 113 Å². The van der Waals surface area contributed by atoms with E-state index in [4.69, 9.17) is 0 Å². The number of nitrogens with zero attached hydrogens (tertiary/aromatic N) is 2. The largest absolute Gasteiger partial charge is 0.309 e. The minimum absolute atomic E-state index is 1.13. The van der Waals surface area contributed by atoms with E-state index in [0.29, 0.717) is 0 Å². The second-order valence-electron chi connectivity index (χ2n) is 12.9. The highest BCUT2D eigenvalue weighted by molar-refractivity contribution is 7.27. The zero-order valence-electron chi connectivity index (χ0n) is 26.9. The van der Waals surface area contributed by atoms with Gasteiger partial charge in [0.2, 0.25) is 0 Å². The Hall–Kier alpha value is -5.94. The molecule has 3 aromatic heterocycles. The number of fused-ring (bicyclic) bond motifs is 11. The third-order valence-corrected chi connectivity index (χ3v) is 12.6. The van der Waals surface area contributed by atoms with Crippen LogP contribution < -0.4 is 4.90 Å². The van der Waals surface area contributed by atoms with Crippen molar-refractivity contribution in [2.75, 3.05) is 4.90 Å². The fraction of sp³-hybridized carbons (Fsp3) is 0. The van der Waals surface area contributed by atoms with Crippen LogP contribution in [-0.2, 0) is 0 Å². The Morgan fingerprint density at radius 2 is 1.06 bits per heavy atom. The van der Waals surface area contributed by atoms with Gasteiger partial charge in [-0.1, -0.05) is 115 Å². The molecule has 0 aliphatic rings. The molecule has 0 N–H and O–H groups in total. The molecule has 2 nitrogen and oxygen atoms in total. The summed E-state index contributed by atoms with van der Waals surface area (Å²) in [6, 6.07) is 62.4. The zero-order valence-corrected chi connectivity index (χ0v) is 28.5. The summed E-state index contributed by atoms with van der Waals surface area (Å²) in [7, 11) is 0. The number of aromatic nitrogens is 1. The van der Waals surface area contributed by atoms with Crippen LogP contribution in [0.15, 0.2) is 170 Å². The van der Waals surface area contributed by atoms with Crippen LogP contribution in [0.4, 0.5) is 17.1 Å². The molecule has 8 aromatic carbocycles. The average molecular weight is 673 g/mol. The van der Waals surface area contributed by atoms with E-state index in [9.17, 15) is 0 Å². The van der Waals surface area contributed by atoms with Crippen molar-refractivity contribution in [2.45, 2.75) is 0 Å². The van der Waals surface area contributed by atoms with Gasteiger partial charge in [0.15, 0.2) is 0 Å². The maximum Gasteiger partial charge on any atom is 0.0640 e. The van der Waals surface area contributed by atoms with Gasteiger partial charge in [-0.25, -0.2) is 0 Å². The van der Waals surface area contributed by atoms with Gasteiger partial charge in [-0.2, -0.15) is 0 Å². The number of benzene rings is 8. The van der Waals surface area contributed by atoms with Crippen molar-refractivity contribution in [1.29, 1.82) is 0 Å². The van der Waals surface area contributed by atoms with Crippen molar-refractivity contribution in [2.24, 2.45) is 0 Å². The van der Waals surface area contributed by atoms with Gasteiger partial charge in [0.25, 0.3) is 0 Å². The summed E-state index contributed by atoms with van der Waals surface area (Å²) < 4.78 is 7.64. The topological polar surface area (TPSA) is 8.17 Å². The van der Waals surface area contributed by atoms with Crippen molar-refractivity contribution in [1.82, 2.24) is 4.57 Å². The molecule has 11 rings (SSSR count). The molecule has 0 aliphatic carbocycles. The third-order valence-electron chi connectivity index (χ3n) is 10.2. The van der Waals surface area contributed by atoms with Crippen LogP contribution in [0, 0.1) is 0 Å². The molecule has 3 heterocycles. The number of anilines is 3. The van der Waals surface area contributed by atoms with Crippen molar-refractivity contribution < 1.29 is 0 Å². The summed E-state index contributed by atoms with van der Waals surface area (Å²) in [6.45, 7) is 0. The van der Waals surface area contributed by atoms with Crippen molar-refractivity contribution in [3.63, 3.8) is 0 Å². The lowest BCUT2D eigenvalue weighted by molar-refractivity contribution is 1.18. The summed E-state index contributed by atoms with van der Waals surface area (Å²) in [6.07, 6.45) is 0. The molecular weight excluding hydrogens is 645 g/mol. The van der Waals surface area contributed by atoms with E-state index in [1.807, 2.05) is 22.7 Å². The first-order chi connectivity index (χ1) is 24.8. The highest BCUT2D eigenvalue weighted by atomic mass is 32.1. The Balaban J connectivity index is 1.26. The Morgan fingerprint density at radius 3 is 1.98 bits per heavy atom. The predicted octanol–water partition coefficient (Wildman–Crippen LogP) is 14.1. The van der Waals surface area contributed by atoms with Crippen LogP contribution in [0.3, 0.4) is 0 Å². The molecule has 0 fully saturated rings. The van der Waals surface area contributed by atoms with Gasteiger partial charge in [-0.3, -0.25) is 0 Å². The summed E-state index contributed by atoms with van der Waals surface area (Å²) in [4.78, 5) is 2.52. The van der Waals surface area contributed by atoms with Crippen molar-refractivity contribution in [3.05, 3.63) is 170 Å². The van der Waals surface area contributed by atoms with Crippen LogP contribution >= 0.6 is 22.7 Å². The molecule has 0 radical (unpaired) electrons. The van der Waals surface area contributed by atoms with Crippen LogP contribution in [0.25, 0.3) is 78.6 Å². The monoisotopic (exact) mass is 672 g/mol. The molecule has 4 heteroatoms.